The second-order valence-electron chi connectivity index (χ2n) is 10.0. The fraction of sp³-hybridized carbons (Fsp3) is 0.312. The summed E-state index contributed by atoms with van der Waals surface area (Å²) < 4.78 is 0. The summed E-state index contributed by atoms with van der Waals surface area (Å²) in [7, 11) is 3.98. The molecule has 3 aromatic carbocycles. The van der Waals surface area contributed by atoms with Crippen LogP contribution in [0, 0.1) is 12.8 Å². The van der Waals surface area contributed by atoms with Crippen molar-refractivity contribution in [1.82, 2.24) is 4.90 Å². The zero-order chi connectivity index (χ0) is 26.2. The van der Waals surface area contributed by atoms with E-state index in [0.29, 0.717) is 6.54 Å². The molecule has 192 valence electrons. The molecule has 0 saturated carbocycles. The van der Waals surface area contributed by atoms with Gasteiger partial charge in [-0.2, -0.15) is 0 Å². The smallest absolute Gasteiger partial charge is 0.247 e. The average Bonchev–Trinajstić information content (AvgIpc) is 2.91. The van der Waals surface area contributed by atoms with Crippen molar-refractivity contribution in [3.63, 3.8) is 0 Å². The molecule has 1 aliphatic carbocycles. The predicted octanol–water partition coefficient (Wildman–Crippen LogP) is 6.00. The third-order valence-corrected chi connectivity index (χ3v) is 7.13. The van der Waals surface area contributed by atoms with Crippen LogP contribution >= 0.6 is 0 Å². The molecule has 3 aromatic rings. The van der Waals surface area contributed by atoms with E-state index in [-0.39, 0.29) is 24.2 Å². The maximum Gasteiger partial charge on any atom is 0.247 e. The van der Waals surface area contributed by atoms with Crippen molar-refractivity contribution in [2.45, 2.75) is 45.2 Å². The van der Waals surface area contributed by atoms with E-state index in [1.54, 1.807) is 0 Å². The van der Waals surface area contributed by atoms with Gasteiger partial charge >= 0.3 is 0 Å². The van der Waals surface area contributed by atoms with Gasteiger partial charge in [-0.3, -0.25) is 9.59 Å². The number of aryl methyl sites for hydroxylation is 1. The lowest BCUT2D eigenvalue weighted by Crippen LogP contribution is -2.51. The fourth-order valence-electron chi connectivity index (χ4n) is 4.96. The highest BCUT2D eigenvalue weighted by atomic mass is 16.2. The molecule has 5 heteroatoms. The number of anilines is 2. The van der Waals surface area contributed by atoms with E-state index in [0.717, 1.165) is 47.3 Å². The lowest BCUT2D eigenvalue weighted by Gasteiger charge is -2.37. The lowest BCUT2D eigenvalue weighted by atomic mass is 9.85. The van der Waals surface area contributed by atoms with Crippen molar-refractivity contribution in [2.24, 2.45) is 5.92 Å². The number of allylic oxidation sites excluding steroid dienone is 2. The molecule has 1 aliphatic rings. The summed E-state index contributed by atoms with van der Waals surface area (Å²) in [4.78, 5) is 31.7. The van der Waals surface area contributed by atoms with Crippen LogP contribution in [0.4, 0.5) is 11.4 Å². The molecule has 0 spiro atoms. The molecule has 5 nitrogen and oxygen atoms in total. The van der Waals surface area contributed by atoms with Crippen molar-refractivity contribution in [2.75, 3.05) is 24.3 Å². The number of hydrogen-bond donors (Lipinski definition) is 1. The van der Waals surface area contributed by atoms with Gasteiger partial charge in [0.2, 0.25) is 11.8 Å². The van der Waals surface area contributed by atoms with E-state index in [1.165, 1.54) is 0 Å². The van der Waals surface area contributed by atoms with Crippen LogP contribution in [-0.4, -0.2) is 36.9 Å². The topological polar surface area (TPSA) is 52.7 Å². The Balaban J connectivity index is 1.67. The lowest BCUT2D eigenvalue weighted by molar-refractivity contribution is -0.141. The zero-order valence-corrected chi connectivity index (χ0v) is 22.1. The van der Waals surface area contributed by atoms with Gasteiger partial charge in [0.05, 0.1) is 6.42 Å². The maximum absolute atomic E-state index is 14.0. The highest BCUT2D eigenvalue weighted by molar-refractivity contribution is 5.97. The molecule has 0 fully saturated rings. The van der Waals surface area contributed by atoms with Gasteiger partial charge in [-0.1, -0.05) is 66.7 Å². The summed E-state index contributed by atoms with van der Waals surface area (Å²) in [5.74, 6) is -0.116. The van der Waals surface area contributed by atoms with Crippen molar-refractivity contribution >= 4 is 23.2 Å². The zero-order valence-electron chi connectivity index (χ0n) is 22.1. The molecule has 0 bridgehead atoms. The Morgan fingerprint density at radius 3 is 2.27 bits per heavy atom. The van der Waals surface area contributed by atoms with Crippen molar-refractivity contribution in [3.8, 4) is 0 Å². The number of amides is 2. The number of carbonyl (C=O) groups is 2. The van der Waals surface area contributed by atoms with Crippen LogP contribution < -0.4 is 10.2 Å². The van der Waals surface area contributed by atoms with Crippen LogP contribution in [0.25, 0.3) is 0 Å². The molecule has 0 heterocycles. The van der Waals surface area contributed by atoms with Gasteiger partial charge in [0, 0.05) is 32.0 Å². The highest BCUT2D eigenvalue weighted by Crippen LogP contribution is 2.29. The van der Waals surface area contributed by atoms with Crippen molar-refractivity contribution < 1.29 is 9.59 Å². The van der Waals surface area contributed by atoms with Gasteiger partial charge in [0.15, 0.2) is 0 Å². The van der Waals surface area contributed by atoms with Crippen LogP contribution in [0.1, 0.15) is 36.0 Å². The number of rotatable bonds is 9. The fourth-order valence-corrected chi connectivity index (χ4v) is 4.96. The number of hydrogen-bond acceptors (Lipinski definition) is 3. The first-order valence-corrected chi connectivity index (χ1v) is 13.0. The molecule has 0 aliphatic heterocycles. The van der Waals surface area contributed by atoms with Gasteiger partial charge in [-0.05, 0) is 73.1 Å². The van der Waals surface area contributed by atoms with Crippen LogP contribution in [0.3, 0.4) is 0 Å². The molecule has 2 unspecified atom stereocenters. The Morgan fingerprint density at radius 2 is 1.62 bits per heavy atom. The Labute approximate surface area is 220 Å². The third-order valence-electron chi connectivity index (χ3n) is 7.13. The van der Waals surface area contributed by atoms with E-state index >= 15 is 0 Å². The molecular weight excluding hydrogens is 458 g/mol. The number of benzene rings is 3. The summed E-state index contributed by atoms with van der Waals surface area (Å²) >= 11 is 0. The SMILES string of the molecule is Cc1ccccc1CN(C(=O)Cc1ccccc1)C(C(=O)Nc1ccc(N(C)C)cc1)C1CC=CCC1. The van der Waals surface area contributed by atoms with Crippen molar-refractivity contribution in [3.05, 3.63) is 108 Å². The molecule has 2 amide bonds. The summed E-state index contributed by atoms with van der Waals surface area (Å²) in [6, 6.07) is 25.1. The molecule has 2 atom stereocenters. The predicted molar refractivity (Wildman–Crippen MR) is 152 cm³/mol. The first kappa shape index (κ1) is 26.2. The van der Waals surface area contributed by atoms with E-state index < -0.39 is 6.04 Å². The summed E-state index contributed by atoms with van der Waals surface area (Å²) in [6.45, 7) is 2.45. The molecule has 4 rings (SSSR count). The minimum atomic E-state index is -0.575. The summed E-state index contributed by atoms with van der Waals surface area (Å²) in [5, 5.41) is 3.13. The molecule has 0 radical (unpaired) electrons. The largest absolute Gasteiger partial charge is 0.378 e. The van der Waals surface area contributed by atoms with Crippen molar-refractivity contribution in [1.29, 1.82) is 0 Å². The minimum Gasteiger partial charge on any atom is -0.378 e. The van der Waals surface area contributed by atoms with E-state index in [1.807, 2.05) is 96.7 Å². The molecule has 1 N–H and O–H groups in total. The Hall–Kier alpha value is -3.86. The average molecular weight is 496 g/mol. The minimum absolute atomic E-state index is 0.0351. The maximum atomic E-state index is 14.0. The standard InChI is InChI=1S/C32H37N3O2/c1-24-12-10-11-17-27(24)23-35(30(36)22-25-13-6-4-7-14-25)31(26-15-8-5-9-16-26)32(37)33-28-18-20-29(21-19-28)34(2)3/h4-8,10-14,17-21,26,31H,9,15-16,22-23H2,1-3H3,(H,33,37). The first-order valence-electron chi connectivity index (χ1n) is 13.0. The summed E-state index contributed by atoms with van der Waals surface area (Å²) in [6.07, 6.45) is 7.14. The van der Waals surface area contributed by atoms with Gasteiger partial charge in [0.25, 0.3) is 0 Å². The van der Waals surface area contributed by atoms with Crippen LogP contribution in [0.2, 0.25) is 0 Å². The van der Waals surface area contributed by atoms with Gasteiger partial charge in [0.1, 0.15) is 6.04 Å². The van der Waals surface area contributed by atoms with Crippen LogP contribution in [-0.2, 0) is 22.6 Å². The third kappa shape index (κ3) is 6.88. The molecule has 0 aromatic heterocycles. The van der Waals surface area contributed by atoms with Gasteiger partial charge in [-0.15, -0.1) is 0 Å². The first-order chi connectivity index (χ1) is 17.9. The number of nitrogens with one attached hydrogen (secondary N) is 1. The van der Waals surface area contributed by atoms with Crippen LogP contribution in [0.15, 0.2) is 91.0 Å². The molecule has 0 saturated heterocycles. The second kappa shape index (κ2) is 12.4. The van der Waals surface area contributed by atoms with E-state index in [4.69, 9.17) is 0 Å². The molecular formula is C32H37N3O2. The summed E-state index contributed by atoms with van der Waals surface area (Å²) in [5.41, 5.74) is 4.92. The number of nitrogens with zero attached hydrogens (tertiary/aromatic N) is 2. The molecule has 37 heavy (non-hydrogen) atoms. The Bertz CT molecular complexity index is 1220. The monoisotopic (exact) mass is 495 g/mol. The second-order valence-corrected chi connectivity index (χ2v) is 10.0. The normalized spacial score (nSPS) is 15.6. The Kier molecular flexibility index (Phi) is 8.78. The van der Waals surface area contributed by atoms with Crippen LogP contribution in [0.5, 0.6) is 0 Å². The van der Waals surface area contributed by atoms with Gasteiger partial charge in [-0.25, -0.2) is 0 Å². The number of carbonyl (C=O) groups excluding carboxylic acids is 2. The van der Waals surface area contributed by atoms with E-state index in [9.17, 15) is 9.59 Å². The van der Waals surface area contributed by atoms with Gasteiger partial charge < -0.3 is 15.1 Å². The van der Waals surface area contributed by atoms with E-state index in [2.05, 4.69) is 30.5 Å². The Morgan fingerprint density at radius 1 is 0.919 bits per heavy atom. The quantitative estimate of drug-likeness (QED) is 0.371. The highest BCUT2D eigenvalue weighted by Gasteiger charge is 2.36.